The molecule has 4 aliphatic rings. The maximum atomic E-state index is 2.61. The van der Waals surface area contributed by atoms with Crippen molar-refractivity contribution in [2.45, 2.75) is 60.3 Å². The summed E-state index contributed by atoms with van der Waals surface area (Å²) in [5, 5.41) is 0. The van der Waals surface area contributed by atoms with Gasteiger partial charge in [-0.25, -0.2) is 0 Å². The topological polar surface area (TPSA) is 0 Å². The molecule has 92 valence electrons. The van der Waals surface area contributed by atoms with Crippen LogP contribution < -0.4 is 0 Å². The highest BCUT2D eigenvalue weighted by molar-refractivity contribution is 5.13. The Labute approximate surface area is 101 Å². The maximum Gasteiger partial charge on any atom is -0.0243 e. The average molecular weight is 220 g/mol. The minimum atomic E-state index is 0.638. The van der Waals surface area contributed by atoms with Gasteiger partial charge in [0.15, 0.2) is 0 Å². The summed E-state index contributed by atoms with van der Waals surface area (Å²) in [6.07, 6.45) is 5.98. The molecule has 0 N–H and O–H groups in total. The lowest BCUT2D eigenvalue weighted by Crippen LogP contribution is -2.62. The molecular weight excluding hydrogens is 192 g/mol. The van der Waals surface area contributed by atoms with Crippen molar-refractivity contribution >= 4 is 0 Å². The molecule has 4 fully saturated rings. The Morgan fingerprint density at radius 1 is 1.06 bits per heavy atom. The highest BCUT2D eigenvalue weighted by atomic mass is 14.7. The van der Waals surface area contributed by atoms with Crippen LogP contribution in [0, 0.1) is 40.4 Å². The summed E-state index contributed by atoms with van der Waals surface area (Å²) < 4.78 is 0. The molecule has 4 rings (SSSR count). The monoisotopic (exact) mass is 220 g/mol. The fourth-order valence-corrected chi connectivity index (χ4v) is 6.15. The lowest BCUT2D eigenvalue weighted by atomic mass is 9.35. The molecule has 4 aliphatic carbocycles. The molecule has 0 spiro atoms. The van der Waals surface area contributed by atoms with E-state index in [1.807, 2.05) is 0 Å². The Kier molecular flexibility index (Phi) is 2.12. The first-order valence-electron chi connectivity index (χ1n) is 7.43. The molecule has 0 aromatic rings. The SMILES string of the molecule is CCC1(C)C2CC3CC1(C)CC(C3C)C2C. The third-order valence-electron chi connectivity index (χ3n) is 7.62. The quantitative estimate of drug-likeness (QED) is 0.598. The van der Waals surface area contributed by atoms with Gasteiger partial charge in [0.2, 0.25) is 0 Å². The molecule has 0 heteroatoms. The van der Waals surface area contributed by atoms with Crippen molar-refractivity contribution in [2.75, 3.05) is 0 Å². The van der Waals surface area contributed by atoms with Gasteiger partial charge in [-0.1, -0.05) is 34.6 Å². The summed E-state index contributed by atoms with van der Waals surface area (Å²) in [4.78, 5) is 0. The lowest BCUT2D eigenvalue weighted by molar-refractivity contribution is -0.211. The standard InChI is InChI=1S/C16H28/c1-6-16(5)14-7-12-8-15(16,4)9-13(10(12)2)11(14)3/h10-14H,6-9H2,1-5H3. The predicted octanol–water partition coefficient (Wildman–Crippen LogP) is 4.74. The van der Waals surface area contributed by atoms with Gasteiger partial charge in [-0.05, 0) is 66.1 Å². The van der Waals surface area contributed by atoms with E-state index in [1.165, 1.54) is 19.3 Å². The van der Waals surface area contributed by atoms with Crippen molar-refractivity contribution in [1.29, 1.82) is 0 Å². The third-order valence-corrected chi connectivity index (χ3v) is 7.62. The molecular formula is C16H28. The van der Waals surface area contributed by atoms with Crippen molar-refractivity contribution in [3.63, 3.8) is 0 Å². The molecule has 0 heterocycles. The Bertz CT molecular complexity index is 307. The second-order valence-corrected chi connectivity index (χ2v) is 7.72. The van der Waals surface area contributed by atoms with Gasteiger partial charge >= 0.3 is 0 Å². The van der Waals surface area contributed by atoms with E-state index in [9.17, 15) is 0 Å². The molecule has 0 aromatic heterocycles. The Morgan fingerprint density at radius 3 is 2.38 bits per heavy atom. The van der Waals surface area contributed by atoms with Crippen LogP contribution in [0.3, 0.4) is 0 Å². The average Bonchev–Trinajstić information content (AvgIpc) is 2.24. The fourth-order valence-electron chi connectivity index (χ4n) is 6.15. The lowest BCUT2D eigenvalue weighted by Gasteiger charge is -2.70. The second-order valence-electron chi connectivity index (χ2n) is 7.72. The first-order valence-corrected chi connectivity index (χ1v) is 7.43. The first-order chi connectivity index (χ1) is 7.43. The van der Waals surface area contributed by atoms with Crippen molar-refractivity contribution in [1.82, 2.24) is 0 Å². The van der Waals surface area contributed by atoms with Gasteiger partial charge in [0.05, 0.1) is 0 Å². The van der Waals surface area contributed by atoms with E-state index < -0.39 is 0 Å². The summed E-state index contributed by atoms with van der Waals surface area (Å²) in [6, 6.07) is 0. The van der Waals surface area contributed by atoms with E-state index in [1.54, 1.807) is 6.42 Å². The Morgan fingerprint density at radius 2 is 1.75 bits per heavy atom. The van der Waals surface area contributed by atoms with E-state index in [4.69, 9.17) is 0 Å². The van der Waals surface area contributed by atoms with Crippen LogP contribution in [0.25, 0.3) is 0 Å². The summed E-state index contributed by atoms with van der Waals surface area (Å²) in [7, 11) is 0. The van der Waals surface area contributed by atoms with Crippen molar-refractivity contribution in [3.8, 4) is 0 Å². The molecule has 0 aliphatic heterocycles. The van der Waals surface area contributed by atoms with Crippen LogP contribution in [0.15, 0.2) is 0 Å². The van der Waals surface area contributed by atoms with E-state index in [0.29, 0.717) is 10.8 Å². The largest absolute Gasteiger partial charge is 0.0648 e. The molecule has 0 radical (unpaired) electrons. The highest BCUT2D eigenvalue weighted by Crippen LogP contribution is 2.72. The van der Waals surface area contributed by atoms with Crippen LogP contribution in [0.5, 0.6) is 0 Å². The highest BCUT2D eigenvalue weighted by Gasteiger charge is 2.64. The second kappa shape index (κ2) is 3.06. The van der Waals surface area contributed by atoms with Gasteiger partial charge in [-0.2, -0.15) is 0 Å². The van der Waals surface area contributed by atoms with Crippen LogP contribution in [-0.2, 0) is 0 Å². The number of rotatable bonds is 1. The van der Waals surface area contributed by atoms with Gasteiger partial charge in [-0.3, -0.25) is 0 Å². The minimum absolute atomic E-state index is 0.638. The van der Waals surface area contributed by atoms with Crippen molar-refractivity contribution in [2.24, 2.45) is 40.4 Å². The normalized spacial score (nSPS) is 63.9. The summed E-state index contributed by atoms with van der Waals surface area (Å²) in [5.74, 6) is 5.13. The van der Waals surface area contributed by atoms with Crippen LogP contribution in [0.2, 0.25) is 0 Å². The molecule has 0 nitrogen and oxygen atoms in total. The van der Waals surface area contributed by atoms with E-state index in [2.05, 4.69) is 34.6 Å². The Hall–Kier alpha value is 0. The molecule has 7 atom stereocenters. The molecule has 0 amide bonds. The van der Waals surface area contributed by atoms with Gasteiger partial charge < -0.3 is 0 Å². The van der Waals surface area contributed by atoms with Gasteiger partial charge in [0.1, 0.15) is 0 Å². The molecule has 0 saturated heterocycles. The zero-order chi connectivity index (χ0) is 11.7. The van der Waals surface area contributed by atoms with Gasteiger partial charge in [-0.15, -0.1) is 0 Å². The van der Waals surface area contributed by atoms with Crippen LogP contribution in [-0.4, -0.2) is 0 Å². The zero-order valence-corrected chi connectivity index (χ0v) is 11.7. The van der Waals surface area contributed by atoms with Gasteiger partial charge in [0, 0.05) is 0 Å². The van der Waals surface area contributed by atoms with E-state index >= 15 is 0 Å². The van der Waals surface area contributed by atoms with Crippen molar-refractivity contribution in [3.05, 3.63) is 0 Å². The molecule has 16 heavy (non-hydrogen) atoms. The smallest absolute Gasteiger partial charge is 0.0243 e. The minimum Gasteiger partial charge on any atom is -0.0648 e. The number of hydrogen-bond donors (Lipinski definition) is 0. The summed E-state index contributed by atoms with van der Waals surface area (Å²) >= 11 is 0. The van der Waals surface area contributed by atoms with Crippen LogP contribution in [0.1, 0.15) is 60.3 Å². The van der Waals surface area contributed by atoms with Crippen LogP contribution >= 0.6 is 0 Å². The molecule has 4 bridgehead atoms. The zero-order valence-electron chi connectivity index (χ0n) is 11.7. The fraction of sp³-hybridized carbons (Fsp3) is 1.00. The summed E-state index contributed by atoms with van der Waals surface area (Å²) in [6.45, 7) is 12.7. The number of hydrogen-bond acceptors (Lipinski definition) is 0. The molecule has 7 unspecified atom stereocenters. The predicted molar refractivity (Wildman–Crippen MR) is 69.2 cm³/mol. The van der Waals surface area contributed by atoms with Crippen LogP contribution in [0.4, 0.5) is 0 Å². The van der Waals surface area contributed by atoms with E-state index in [-0.39, 0.29) is 0 Å². The molecule has 0 aromatic carbocycles. The Balaban J connectivity index is 2.05. The maximum absolute atomic E-state index is 2.61. The van der Waals surface area contributed by atoms with Gasteiger partial charge in [0.25, 0.3) is 0 Å². The van der Waals surface area contributed by atoms with E-state index in [0.717, 1.165) is 29.6 Å². The third kappa shape index (κ3) is 1.03. The summed E-state index contributed by atoms with van der Waals surface area (Å²) in [5.41, 5.74) is 1.30. The first kappa shape index (κ1) is 11.1. The molecule has 4 saturated carbocycles. The van der Waals surface area contributed by atoms with Crippen molar-refractivity contribution < 1.29 is 0 Å².